The highest BCUT2D eigenvalue weighted by atomic mass is 32.2. The van der Waals surface area contributed by atoms with Crippen LogP contribution in [0.5, 0.6) is 0 Å². The van der Waals surface area contributed by atoms with Crippen LogP contribution in [-0.2, 0) is 0 Å². The van der Waals surface area contributed by atoms with E-state index in [1.54, 1.807) is 6.92 Å². The first kappa shape index (κ1) is 9.27. The zero-order valence-electron chi connectivity index (χ0n) is 6.27. The van der Waals surface area contributed by atoms with Crippen LogP contribution >= 0.6 is 23.3 Å². The van der Waals surface area contributed by atoms with Gasteiger partial charge in [0.25, 0.3) is 0 Å². The van der Waals surface area contributed by atoms with Gasteiger partial charge >= 0.3 is 6.09 Å². The molecule has 0 unspecified atom stereocenters. The molecule has 0 aromatic carbocycles. The smallest absolute Gasteiger partial charge is 0.405 e. The van der Waals surface area contributed by atoms with Crippen molar-refractivity contribution in [3.05, 3.63) is 5.82 Å². The lowest BCUT2D eigenvalue weighted by molar-refractivity contribution is 0.196. The number of carbonyl (C=O) groups is 1. The number of hydrogen-bond donors (Lipinski definition) is 2. The summed E-state index contributed by atoms with van der Waals surface area (Å²) in [6, 6.07) is 0. The Balaban J connectivity index is 2.29. The number of rotatable bonds is 3. The number of nitrogens with zero attached hydrogens (tertiary/aromatic N) is 2. The zero-order chi connectivity index (χ0) is 8.97. The summed E-state index contributed by atoms with van der Waals surface area (Å²) in [5.41, 5.74) is 0. The van der Waals surface area contributed by atoms with Gasteiger partial charge in [0.05, 0.1) is 5.88 Å². The summed E-state index contributed by atoms with van der Waals surface area (Å²) in [5.74, 6) is 1.03. The lowest BCUT2D eigenvalue weighted by atomic mass is 10.8. The summed E-state index contributed by atoms with van der Waals surface area (Å²) >= 11 is 2.59. The Morgan fingerprint density at radius 3 is 3.08 bits per heavy atom. The van der Waals surface area contributed by atoms with Gasteiger partial charge in [0.15, 0.2) is 4.34 Å². The van der Waals surface area contributed by atoms with Crippen LogP contribution in [0.3, 0.4) is 0 Å². The maximum absolute atomic E-state index is 10.0. The molecule has 0 radical (unpaired) electrons. The van der Waals surface area contributed by atoms with Gasteiger partial charge in [-0.2, -0.15) is 4.37 Å². The Morgan fingerprint density at radius 1 is 1.83 bits per heavy atom. The fourth-order valence-electron chi connectivity index (χ4n) is 0.496. The molecule has 1 heterocycles. The van der Waals surface area contributed by atoms with Crippen molar-refractivity contribution in [1.82, 2.24) is 14.7 Å². The van der Waals surface area contributed by atoms with Crippen molar-refractivity contribution in [2.75, 3.05) is 5.88 Å². The molecule has 0 saturated carbocycles. The van der Waals surface area contributed by atoms with E-state index in [1.165, 1.54) is 23.3 Å². The summed E-state index contributed by atoms with van der Waals surface area (Å²) in [4.78, 5) is 14.1. The Hall–Kier alpha value is -0.820. The van der Waals surface area contributed by atoms with Gasteiger partial charge in [-0.15, -0.1) is 0 Å². The highest BCUT2D eigenvalue weighted by molar-refractivity contribution is 8.00. The Kier molecular flexibility index (Phi) is 3.30. The van der Waals surface area contributed by atoms with E-state index < -0.39 is 6.09 Å². The number of carboxylic acid groups (broad SMARTS) is 1. The molecule has 1 rings (SSSR count). The Labute approximate surface area is 77.4 Å². The van der Waals surface area contributed by atoms with Crippen LogP contribution in [0.15, 0.2) is 4.34 Å². The van der Waals surface area contributed by atoms with Gasteiger partial charge in [-0.3, -0.25) is 0 Å². The molecule has 66 valence electrons. The van der Waals surface area contributed by atoms with Crippen LogP contribution in [-0.4, -0.2) is 26.4 Å². The summed E-state index contributed by atoms with van der Waals surface area (Å²) in [6.45, 7) is 1.80. The summed E-state index contributed by atoms with van der Waals surface area (Å²) in [5, 5.41) is 10.5. The number of aryl methyl sites for hydroxylation is 1. The van der Waals surface area contributed by atoms with Crippen LogP contribution in [0.2, 0.25) is 0 Å². The first-order valence-electron chi connectivity index (χ1n) is 3.08. The second-order valence-electron chi connectivity index (χ2n) is 1.88. The van der Waals surface area contributed by atoms with Crippen molar-refractivity contribution in [2.24, 2.45) is 0 Å². The van der Waals surface area contributed by atoms with Gasteiger partial charge in [-0.25, -0.2) is 9.78 Å². The average molecular weight is 205 g/mol. The van der Waals surface area contributed by atoms with E-state index in [1.807, 2.05) is 0 Å². The molecule has 0 aliphatic rings. The molecule has 5 nitrogen and oxygen atoms in total. The predicted molar refractivity (Wildman–Crippen MR) is 46.5 cm³/mol. The molecule has 0 atom stereocenters. The molecule has 0 aliphatic carbocycles. The minimum Gasteiger partial charge on any atom is -0.465 e. The van der Waals surface area contributed by atoms with Crippen LogP contribution in [0.25, 0.3) is 0 Å². The van der Waals surface area contributed by atoms with Crippen LogP contribution < -0.4 is 5.32 Å². The molecule has 12 heavy (non-hydrogen) atoms. The summed E-state index contributed by atoms with van der Waals surface area (Å²) in [7, 11) is 0. The Bertz CT molecular complexity index is 275. The van der Waals surface area contributed by atoms with Crippen molar-refractivity contribution in [3.63, 3.8) is 0 Å². The third-order valence-corrected chi connectivity index (χ3v) is 2.74. The van der Waals surface area contributed by atoms with Crippen molar-refractivity contribution in [2.45, 2.75) is 11.3 Å². The zero-order valence-corrected chi connectivity index (χ0v) is 7.91. The first-order valence-corrected chi connectivity index (χ1v) is 4.84. The molecule has 7 heteroatoms. The normalized spacial score (nSPS) is 9.75. The van der Waals surface area contributed by atoms with Gasteiger partial charge in [-0.05, 0) is 18.5 Å². The Morgan fingerprint density at radius 2 is 2.58 bits per heavy atom. The van der Waals surface area contributed by atoms with Crippen LogP contribution in [0.4, 0.5) is 4.79 Å². The van der Waals surface area contributed by atoms with Crippen molar-refractivity contribution in [1.29, 1.82) is 0 Å². The SMILES string of the molecule is Cc1nsc(SCNC(=O)O)n1. The van der Waals surface area contributed by atoms with E-state index in [2.05, 4.69) is 14.7 Å². The van der Waals surface area contributed by atoms with E-state index in [0.717, 1.165) is 10.2 Å². The quantitative estimate of drug-likeness (QED) is 0.572. The van der Waals surface area contributed by atoms with Crippen molar-refractivity contribution >= 4 is 29.4 Å². The van der Waals surface area contributed by atoms with Gasteiger partial charge in [0.2, 0.25) is 0 Å². The van der Waals surface area contributed by atoms with E-state index in [9.17, 15) is 4.79 Å². The van der Waals surface area contributed by atoms with Crippen molar-refractivity contribution < 1.29 is 9.90 Å². The third-order valence-electron chi connectivity index (χ3n) is 0.928. The molecule has 0 saturated heterocycles. The molecule has 0 bridgehead atoms. The third kappa shape index (κ3) is 3.05. The topological polar surface area (TPSA) is 75.1 Å². The second-order valence-corrected chi connectivity index (χ2v) is 3.85. The van der Waals surface area contributed by atoms with Gasteiger partial charge in [-0.1, -0.05) is 11.8 Å². The lowest BCUT2D eigenvalue weighted by Crippen LogP contribution is -2.19. The first-order chi connectivity index (χ1) is 5.68. The van der Waals surface area contributed by atoms with Gasteiger partial charge < -0.3 is 10.4 Å². The van der Waals surface area contributed by atoms with Crippen molar-refractivity contribution in [3.8, 4) is 0 Å². The molecule has 1 aromatic rings. The summed E-state index contributed by atoms with van der Waals surface area (Å²) in [6.07, 6.45) is -1.02. The average Bonchev–Trinajstić information content (AvgIpc) is 2.35. The lowest BCUT2D eigenvalue weighted by Gasteiger charge is -1.95. The molecule has 0 aliphatic heterocycles. The van der Waals surface area contributed by atoms with E-state index in [0.29, 0.717) is 5.88 Å². The number of nitrogens with one attached hydrogen (secondary N) is 1. The number of thioether (sulfide) groups is 1. The number of amides is 1. The molecule has 2 N–H and O–H groups in total. The molecule has 0 fully saturated rings. The highest BCUT2D eigenvalue weighted by Crippen LogP contribution is 2.17. The van der Waals surface area contributed by atoms with Gasteiger partial charge in [0, 0.05) is 0 Å². The summed E-state index contributed by atoms with van der Waals surface area (Å²) < 4.78 is 4.73. The van der Waals surface area contributed by atoms with Crippen LogP contribution in [0, 0.1) is 6.92 Å². The second kappa shape index (κ2) is 4.27. The van der Waals surface area contributed by atoms with E-state index >= 15 is 0 Å². The molecular weight excluding hydrogens is 198 g/mol. The minimum absolute atomic E-state index is 0.309. The minimum atomic E-state index is -1.02. The fraction of sp³-hybridized carbons (Fsp3) is 0.400. The maximum Gasteiger partial charge on any atom is 0.405 e. The number of aromatic nitrogens is 2. The van der Waals surface area contributed by atoms with E-state index in [4.69, 9.17) is 5.11 Å². The molecule has 1 aromatic heterocycles. The van der Waals surface area contributed by atoms with Gasteiger partial charge in [0.1, 0.15) is 5.82 Å². The number of hydrogen-bond acceptors (Lipinski definition) is 5. The van der Waals surface area contributed by atoms with Crippen LogP contribution in [0.1, 0.15) is 5.82 Å². The maximum atomic E-state index is 10.0. The predicted octanol–water partition coefficient (Wildman–Crippen LogP) is 1.16. The standard InChI is InChI=1S/C5H7N3O2S2/c1-3-7-5(12-8-3)11-2-6-4(9)10/h6H,2H2,1H3,(H,9,10). The molecule has 1 amide bonds. The largest absolute Gasteiger partial charge is 0.465 e. The fourth-order valence-corrected chi connectivity index (χ4v) is 1.94. The molecular formula is C5H7N3O2S2. The monoisotopic (exact) mass is 205 g/mol. The van der Waals surface area contributed by atoms with E-state index in [-0.39, 0.29) is 0 Å². The highest BCUT2D eigenvalue weighted by Gasteiger charge is 2.00. The molecule has 0 spiro atoms.